The number of nitrogens with zero attached hydrogens (tertiary/aromatic N) is 6. The van der Waals surface area contributed by atoms with Crippen LogP contribution in [0.3, 0.4) is 0 Å². The molecule has 0 spiro atoms. The van der Waals surface area contributed by atoms with Crippen LogP contribution in [-0.2, 0) is 20.1 Å². The summed E-state index contributed by atoms with van der Waals surface area (Å²) in [4.78, 5) is 16.0. The van der Waals surface area contributed by atoms with Crippen LogP contribution in [-0.4, -0.2) is 41.9 Å². The van der Waals surface area contributed by atoms with Crippen molar-refractivity contribution in [1.29, 1.82) is 0 Å². The molecule has 4 heterocycles. The summed E-state index contributed by atoms with van der Waals surface area (Å²) in [6.45, 7) is 3.71. The van der Waals surface area contributed by atoms with E-state index >= 15 is 0 Å². The van der Waals surface area contributed by atoms with Crippen LogP contribution in [0.1, 0.15) is 21.9 Å². The Morgan fingerprint density at radius 2 is 1.93 bits per heavy atom. The van der Waals surface area contributed by atoms with E-state index in [-0.39, 0.29) is 5.91 Å². The highest BCUT2D eigenvalue weighted by atomic mass is 32.1. The third-order valence-electron chi connectivity index (χ3n) is 5.21. The molecule has 7 nitrogen and oxygen atoms in total. The van der Waals surface area contributed by atoms with E-state index in [9.17, 15) is 4.79 Å². The molecule has 0 atom stereocenters. The highest BCUT2D eigenvalue weighted by molar-refractivity contribution is 7.13. The van der Waals surface area contributed by atoms with Gasteiger partial charge in [0, 0.05) is 30.6 Å². The van der Waals surface area contributed by atoms with Crippen molar-refractivity contribution in [3.05, 3.63) is 64.9 Å². The second kappa shape index (κ2) is 6.97. The molecular formula is C21H20N6OS. The van der Waals surface area contributed by atoms with E-state index < -0.39 is 0 Å². The van der Waals surface area contributed by atoms with Gasteiger partial charge in [0.15, 0.2) is 11.6 Å². The predicted molar refractivity (Wildman–Crippen MR) is 111 cm³/mol. The summed E-state index contributed by atoms with van der Waals surface area (Å²) in [6, 6.07) is 13.9. The third kappa shape index (κ3) is 3.15. The number of thiophene rings is 1. The molecule has 0 N–H and O–H groups in total. The maximum atomic E-state index is 13.0. The van der Waals surface area contributed by atoms with Gasteiger partial charge in [0.1, 0.15) is 5.69 Å². The lowest BCUT2D eigenvalue weighted by atomic mass is 10.1. The Bertz CT molecular complexity index is 1170. The first-order valence-electron chi connectivity index (χ1n) is 9.46. The van der Waals surface area contributed by atoms with Gasteiger partial charge >= 0.3 is 0 Å². The minimum absolute atomic E-state index is 0.0231. The molecule has 0 aliphatic carbocycles. The van der Waals surface area contributed by atoms with Crippen LogP contribution in [0, 0.1) is 6.92 Å². The number of hydrogen-bond acceptors (Lipinski definition) is 5. The molecule has 0 radical (unpaired) electrons. The number of aryl methyl sites for hydroxylation is 2. The summed E-state index contributed by atoms with van der Waals surface area (Å²) >= 11 is 1.69. The lowest BCUT2D eigenvalue weighted by Gasteiger charge is -2.28. The second-order valence-electron chi connectivity index (χ2n) is 7.17. The van der Waals surface area contributed by atoms with Crippen molar-refractivity contribution >= 4 is 17.2 Å². The number of benzene rings is 1. The number of hydrogen-bond donors (Lipinski definition) is 0. The monoisotopic (exact) mass is 404 g/mol. The molecule has 1 aliphatic heterocycles. The fraction of sp³-hybridized carbons (Fsp3) is 0.238. The van der Waals surface area contributed by atoms with Crippen LogP contribution >= 0.6 is 11.3 Å². The minimum Gasteiger partial charge on any atom is -0.329 e. The van der Waals surface area contributed by atoms with E-state index in [1.54, 1.807) is 11.3 Å². The van der Waals surface area contributed by atoms with Gasteiger partial charge in [-0.25, -0.2) is 0 Å². The first kappa shape index (κ1) is 17.8. The molecule has 4 aromatic rings. The fourth-order valence-electron chi connectivity index (χ4n) is 3.74. The summed E-state index contributed by atoms with van der Waals surface area (Å²) in [5.74, 6) is 1.62. The minimum atomic E-state index is 0.0231. The van der Waals surface area contributed by atoms with Gasteiger partial charge in [0.2, 0.25) is 0 Å². The molecule has 8 heteroatoms. The Morgan fingerprint density at radius 3 is 2.62 bits per heavy atom. The Balaban J connectivity index is 1.36. The number of carbonyl (C=O) groups excluding carboxylic acids is 1. The van der Waals surface area contributed by atoms with Gasteiger partial charge in [-0.3, -0.25) is 9.48 Å². The zero-order valence-corrected chi connectivity index (χ0v) is 17.1. The zero-order chi connectivity index (χ0) is 20.0. The topological polar surface area (TPSA) is 68.8 Å². The quantitative estimate of drug-likeness (QED) is 0.525. The molecule has 1 aliphatic rings. The first-order valence-corrected chi connectivity index (χ1v) is 10.3. The van der Waals surface area contributed by atoms with Crippen LogP contribution < -0.4 is 0 Å². The van der Waals surface area contributed by atoms with Crippen molar-refractivity contribution < 1.29 is 4.79 Å². The predicted octanol–water partition coefficient (Wildman–Crippen LogP) is 3.37. The highest BCUT2D eigenvalue weighted by Gasteiger charge is 2.26. The van der Waals surface area contributed by atoms with E-state index in [1.807, 2.05) is 60.0 Å². The van der Waals surface area contributed by atoms with Crippen LogP contribution in [0.15, 0.2) is 47.8 Å². The van der Waals surface area contributed by atoms with Crippen molar-refractivity contribution in [2.24, 2.45) is 7.05 Å². The second-order valence-corrected chi connectivity index (χ2v) is 8.12. The summed E-state index contributed by atoms with van der Waals surface area (Å²) in [6.07, 6.45) is 0. The number of aromatic nitrogens is 5. The molecule has 0 bridgehead atoms. The molecule has 0 unspecified atom stereocenters. The summed E-state index contributed by atoms with van der Waals surface area (Å²) in [5, 5.41) is 15.2. The molecule has 1 amide bonds. The number of rotatable bonds is 3. The molecule has 0 saturated heterocycles. The molecule has 146 valence electrons. The molecular weight excluding hydrogens is 384 g/mol. The van der Waals surface area contributed by atoms with Crippen molar-refractivity contribution in [2.75, 3.05) is 6.54 Å². The van der Waals surface area contributed by atoms with Gasteiger partial charge < -0.3 is 9.47 Å². The average molecular weight is 404 g/mol. The smallest absolute Gasteiger partial charge is 0.254 e. The largest absolute Gasteiger partial charge is 0.329 e. The lowest BCUT2D eigenvalue weighted by molar-refractivity contribution is 0.0708. The lowest BCUT2D eigenvalue weighted by Crippen LogP contribution is -2.38. The first-order chi connectivity index (χ1) is 14.1. The van der Waals surface area contributed by atoms with Gasteiger partial charge in [-0.05, 0) is 42.1 Å². The molecule has 0 saturated carbocycles. The SMILES string of the molecule is Cc1cc(-c2nnc3n2CCN(C(=O)c2ccc(-c4cccs4)cc2)C3)n(C)n1. The van der Waals surface area contributed by atoms with E-state index in [2.05, 4.69) is 31.3 Å². The van der Waals surface area contributed by atoms with Gasteiger partial charge in [-0.15, -0.1) is 21.5 Å². The van der Waals surface area contributed by atoms with Crippen LogP contribution in [0.25, 0.3) is 22.0 Å². The zero-order valence-electron chi connectivity index (χ0n) is 16.2. The van der Waals surface area contributed by atoms with E-state index in [1.165, 1.54) is 4.88 Å². The Labute approximate surface area is 172 Å². The maximum absolute atomic E-state index is 13.0. The summed E-state index contributed by atoms with van der Waals surface area (Å²) in [5.41, 5.74) is 3.70. The molecule has 29 heavy (non-hydrogen) atoms. The summed E-state index contributed by atoms with van der Waals surface area (Å²) < 4.78 is 3.90. The third-order valence-corrected chi connectivity index (χ3v) is 6.13. The number of fused-ring (bicyclic) bond motifs is 1. The Hall–Kier alpha value is -3.26. The normalized spacial score (nSPS) is 13.5. The summed E-state index contributed by atoms with van der Waals surface area (Å²) in [7, 11) is 1.91. The van der Waals surface area contributed by atoms with Crippen molar-refractivity contribution in [2.45, 2.75) is 20.0 Å². The average Bonchev–Trinajstić information content (AvgIpc) is 3.47. The Morgan fingerprint density at radius 1 is 1.10 bits per heavy atom. The number of carbonyl (C=O) groups is 1. The van der Waals surface area contributed by atoms with Gasteiger partial charge in [0.25, 0.3) is 5.91 Å². The van der Waals surface area contributed by atoms with Gasteiger partial charge in [0.05, 0.1) is 12.2 Å². The molecule has 5 rings (SSSR count). The van der Waals surface area contributed by atoms with E-state index in [0.29, 0.717) is 25.2 Å². The van der Waals surface area contributed by atoms with Crippen molar-refractivity contribution in [1.82, 2.24) is 29.4 Å². The van der Waals surface area contributed by atoms with Crippen molar-refractivity contribution in [3.8, 4) is 22.0 Å². The fourth-order valence-corrected chi connectivity index (χ4v) is 4.48. The number of amides is 1. The Kier molecular flexibility index (Phi) is 4.28. The van der Waals surface area contributed by atoms with Crippen LogP contribution in [0.5, 0.6) is 0 Å². The molecule has 0 fully saturated rings. The van der Waals surface area contributed by atoms with Crippen molar-refractivity contribution in [3.63, 3.8) is 0 Å². The standard InChI is InChI=1S/C21H20N6OS/c1-14-12-17(25(2)24-14)20-23-22-19-13-26(9-10-27(19)20)21(28)16-7-5-15(6-8-16)18-4-3-11-29-18/h3-8,11-12H,9-10,13H2,1-2H3. The molecule has 3 aromatic heterocycles. The van der Waals surface area contributed by atoms with E-state index in [4.69, 9.17) is 0 Å². The highest BCUT2D eigenvalue weighted by Crippen LogP contribution is 2.26. The van der Waals surface area contributed by atoms with Gasteiger partial charge in [-0.2, -0.15) is 5.10 Å². The maximum Gasteiger partial charge on any atom is 0.254 e. The molecule has 1 aromatic carbocycles. The van der Waals surface area contributed by atoms with Crippen LogP contribution in [0.4, 0.5) is 0 Å². The van der Waals surface area contributed by atoms with Crippen LogP contribution in [0.2, 0.25) is 0 Å². The van der Waals surface area contributed by atoms with Gasteiger partial charge in [-0.1, -0.05) is 18.2 Å². The van der Waals surface area contributed by atoms with E-state index in [0.717, 1.165) is 28.6 Å².